The van der Waals surface area contributed by atoms with Gasteiger partial charge < -0.3 is 5.73 Å². The smallest absolute Gasteiger partial charge is 0.245 e. The molecule has 1 saturated heterocycles. The predicted molar refractivity (Wildman–Crippen MR) is 78.1 cm³/mol. The van der Waals surface area contributed by atoms with Gasteiger partial charge in [0.05, 0.1) is 15.7 Å². The van der Waals surface area contributed by atoms with E-state index in [1.54, 1.807) is 0 Å². The molecule has 0 aliphatic carbocycles. The van der Waals surface area contributed by atoms with Gasteiger partial charge in [-0.1, -0.05) is 23.2 Å². The summed E-state index contributed by atoms with van der Waals surface area (Å²) in [4.78, 5) is 0.0195. The molecule has 0 saturated carbocycles. The van der Waals surface area contributed by atoms with Crippen LogP contribution in [-0.4, -0.2) is 24.8 Å². The van der Waals surface area contributed by atoms with Crippen LogP contribution in [-0.2, 0) is 10.0 Å². The Morgan fingerprint density at radius 2 is 1.95 bits per heavy atom. The zero-order valence-electron chi connectivity index (χ0n) is 10.8. The second-order valence-corrected chi connectivity index (χ2v) is 7.88. The van der Waals surface area contributed by atoms with Crippen molar-refractivity contribution in [2.75, 3.05) is 12.3 Å². The van der Waals surface area contributed by atoms with Gasteiger partial charge >= 0.3 is 0 Å². The minimum atomic E-state index is -3.65. The lowest BCUT2D eigenvalue weighted by atomic mass is 10.0. The van der Waals surface area contributed by atoms with E-state index in [0.29, 0.717) is 6.54 Å². The van der Waals surface area contributed by atoms with E-state index in [0.717, 1.165) is 12.8 Å². The molecular weight excluding hydrogens is 307 g/mol. The highest BCUT2D eigenvalue weighted by molar-refractivity contribution is 7.89. The molecule has 0 amide bonds. The summed E-state index contributed by atoms with van der Waals surface area (Å²) in [6.45, 7) is 4.31. The minimum absolute atomic E-state index is 0.00444. The summed E-state index contributed by atoms with van der Waals surface area (Å²) in [6, 6.07) is 2.86. The summed E-state index contributed by atoms with van der Waals surface area (Å²) in [7, 11) is -3.65. The summed E-state index contributed by atoms with van der Waals surface area (Å²) in [5.41, 5.74) is 5.39. The number of hydrogen-bond acceptors (Lipinski definition) is 3. The van der Waals surface area contributed by atoms with Crippen LogP contribution in [0, 0.1) is 0 Å². The number of sulfonamides is 1. The molecule has 1 aliphatic rings. The minimum Gasteiger partial charge on any atom is -0.396 e. The maximum atomic E-state index is 12.7. The monoisotopic (exact) mass is 322 g/mol. The van der Waals surface area contributed by atoms with Gasteiger partial charge in [-0.05, 0) is 38.8 Å². The predicted octanol–water partition coefficient (Wildman–Crippen LogP) is 3.14. The van der Waals surface area contributed by atoms with Gasteiger partial charge in [-0.3, -0.25) is 0 Å². The molecule has 4 nitrogen and oxygen atoms in total. The molecule has 1 aliphatic heterocycles. The number of nitrogens with two attached hydrogens (primary N) is 1. The molecule has 0 atom stereocenters. The molecule has 0 aromatic heterocycles. The van der Waals surface area contributed by atoms with Crippen LogP contribution in [0.4, 0.5) is 5.69 Å². The first kappa shape index (κ1) is 14.9. The van der Waals surface area contributed by atoms with Crippen LogP contribution in [0.3, 0.4) is 0 Å². The Labute approximate surface area is 123 Å². The van der Waals surface area contributed by atoms with Crippen molar-refractivity contribution in [3.05, 3.63) is 22.2 Å². The molecule has 2 N–H and O–H groups in total. The van der Waals surface area contributed by atoms with Crippen molar-refractivity contribution < 1.29 is 8.42 Å². The number of anilines is 1. The van der Waals surface area contributed by atoms with Crippen LogP contribution in [0.5, 0.6) is 0 Å². The Bertz CT molecular complexity index is 614. The van der Waals surface area contributed by atoms with Gasteiger partial charge in [0.2, 0.25) is 10.0 Å². The molecular formula is C12H16Cl2N2O2S. The van der Waals surface area contributed by atoms with E-state index in [4.69, 9.17) is 28.9 Å². The highest BCUT2D eigenvalue weighted by Crippen LogP contribution is 2.39. The van der Waals surface area contributed by atoms with Gasteiger partial charge in [-0.25, -0.2) is 8.42 Å². The highest BCUT2D eigenvalue weighted by atomic mass is 35.5. The fourth-order valence-electron chi connectivity index (χ4n) is 2.40. The van der Waals surface area contributed by atoms with Crippen molar-refractivity contribution in [2.45, 2.75) is 37.1 Å². The second kappa shape index (κ2) is 4.81. The molecule has 2 rings (SSSR count). The fourth-order valence-corrected chi connectivity index (χ4v) is 4.98. The first-order valence-corrected chi connectivity index (χ1v) is 8.14. The number of halogens is 2. The van der Waals surface area contributed by atoms with Crippen molar-refractivity contribution in [3.8, 4) is 0 Å². The topological polar surface area (TPSA) is 63.4 Å². The lowest BCUT2D eigenvalue weighted by Crippen LogP contribution is -2.42. The third-order valence-electron chi connectivity index (χ3n) is 3.48. The number of hydrogen-bond donors (Lipinski definition) is 1. The van der Waals surface area contributed by atoms with E-state index in [1.165, 1.54) is 16.4 Å². The van der Waals surface area contributed by atoms with Gasteiger partial charge in [0.15, 0.2) is 0 Å². The zero-order chi connectivity index (χ0) is 14.4. The second-order valence-electron chi connectivity index (χ2n) is 5.27. The first-order valence-electron chi connectivity index (χ1n) is 5.94. The molecule has 0 spiro atoms. The third kappa shape index (κ3) is 2.44. The molecule has 7 heteroatoms. The molecule has 1 heterocycles. The molecule has 1 aromatic carbocycles. The average molecular weight is 323 g/mol. The fraction of sp³-hybridized carbons (Fsp3) is 0.500. The van der Waals surface area contributed by atoms with Gasteiger partial charge in [0.1, 0.15) is 4.90 Å². The largest absolute Gasteiger partial charge is 0.396 e. The van der Waals surface area contributed by atoms with Crippen molar-refractivity contribution in [1.29, 1.82) is 0 Å². The van der Waals surface area contributed by atoms with Crippen molar-refractivity contribution in [1.82, 2.24) is 4.31 Å². The van der Waals surface area contributed by atoms with E-state index in [2.05, 4.69) is 0 Å². The average Bonchev–Trinajstić information content (AvgIpc) is 2.66. The Balaban J connectivity index is 2.55. The van der Waals surface area contributed by atoms with E-state index in [9.17, 15) is 8.42 Å². The Hall–Kier alpha value is -0.490. The molecule has 1 aromatic rings. The van der Waals surface area contributed by atoms with Crippen LogP contribution in [0.25, 0.3) is 0 Å². The molecule has 0 unspecified atom stereocenters. The molecule has 0 radical (unpaired) electrons. The zero-order valence-corrected chi connectivity index (χ0v) is 13.1. The van der Waals surface area contributed by atoms with E-state index in [1.807, 2.05) is 13.8 Å². The Morgan fingerprint density at radius 3 is 2.47 bits per heavy atom. The lowest BCUT2D eigenvalue weighted by Gasteiger charge is -2.30. The lowest BCUT2D eigenvalue weighted by molar-refractivity contribution is 0.292. The quantitative estimate of drug-likeness (QED) is 0.851. The van der Waals surface area contributed by atoms with Gasteiger partial charge in [0.25, 0.3) is 0 Å². The molecule has 106 valence electrons. The summed E-state index contributed by atoms with van der Waals surface area (Å²) in [5, 5.41) is 0.250. The van der Waals surface area contributed by atoms with Crippen molar-refractivity contribution in [3.63, 3.8) is 0 Å². The standard InChI is InChI=1S/C12H16Cl2N2O2S/c1-12(2)6-3-7-16(12)19(17,18)9-5-4-8(13)11(15)10(9)14/h4-5H,3,6-7,15H2,1-2H3. The van der Waals surface area contributed by atoms with Crippen LogP contribution in [0.1, 0.15) is 26.7 Å². The Morgan fingerprint density at radius 1 is 1.32 bits per heavy atom. The Kier molecular flexibility index (Phi) is 3.77. The van der Waals surface area contributed by atoms with Crippen LogP contribution >= 0.6 is 23.2 Å². The number of rotatable bonds is 2. The highest BCUT2D eigenvalue weighted by Gasteiger charge is 2.41. The SMILES string of the molecule is CC1(C)CCCN1S(=O)(=O)c1ccc(Cl)c(N)c1Cl. The molecule has 1 fully saturated rings. The molecule has 19 heavy (non-hydrogen) atoms. The van der Waals surface area contributed by atoms with Crippen LogP contribution < -0.4 is 5.73 Å². The molecule has 0 bridgehead atoms. The normalized spacial score (nSPS) is 19.8. The van der Waals surface area contributed by atoms with Crippen molar-refractivity contribution in [2.24, 2.45) is 0 Å². The van der Waals surface area contributed by atoms with E-state index >= 15 is 0 Å². The van der Waals surface area contributed by atoms with Crippen molar-refractivity contribution >= 4 is 38.9 Å². The number of nitrogen functional groups attached to an aromatic ring is 1. The van der Waals surface area contributed by atoms with Crippen LogP contribution in [0.15, 0.2) is 17.0 Å². The summed E-state index contributed by atoms with van der Waals surface area (Å²) in [5.74, 6) is 0. The van der Waals surface area contributed by atoms with Crippen LogP contribution in [0.2, 0.25) is 10.0 Å². The van der Waals surface area contributed by atoms with E-state index < -0.39 is 15.6 Å². The summed E-state index contributed by atoms with van der Waals surface area (Å²) in [6.07, 6.45) is 1.67. The van der Waals surface area contributed by atoms with E-state index in [-0.39, 0.29) is 20.6 Å². The van der Waals surface area contributed by atoms with Gasteiger partial charge in [-0.15, -0.1) is 0 Å². The maximum absolute atomic E-state index is 12.7. The summed E-state index contributed by atoms with van der Waals surface area (Å²) < 4.78 is 26.8. The number of nitrogens with zero attached hydrogens (tertiary/aromatic N) is 1. The van der Waals surface area contributed by atoms with Gasteiger partial charge in [-0.2, -0.15) is 4.31 Å². The maximum Gasteiger partial charge on any atom is 0.245 e. The summed E-state index contributed by atoms with van der Waals surface area (Å²) >= 11 is 11.9. The van der Waals surface area contributed by atoms with Gasteiger partial charge in [0, 0.05) is 12.1 Å². The number of benzene rings is 1. The third-order valence-corrected chi connectivity index (χ3v) is 6.49. The first-order chi connectivity index (χ1) is 8.68.